The summed E-state index contributed by atoms with van der Waals surface area (Å²) in [5.41, 5.74) is 0. The van der Waals surface area contributed by atoms with Crippen LogP contribution in [0.1, 0.15) is 39.5 Å². The molecule has 0 aliphatic rings. The van der Waals surface area contributed by atoms with Gasteiger partial charge in [-0.15, -0.1) is 0 Å². The Labute approximate surface area is 80.7 Å². The number of aliphatic carboxylic acids is 1. The van der Waals surface area contributed by atoms with E-state index >= 15 is 0 Å². The average molecular weight is 187 g/mol. The first-order valence-electron chi connectivity index (χ1n) is 5.14. The minimum Gasteiger partial charge on any atom is -0.480 e. The average Bonchev–Trinajstić information content (AvgIpc) is 2.09. The summed E-state index contributed by atoms with van der Waals surface area (Å²) in [4.78, 5) is 12.5. The highest BCUT2D eigenvalue weighted by Gasteiger charge is 2.07. The van der Waals surface area contributed by atoms with Crippen LogP contribution in [0.5, 0.6) is 0 Å². The maximum absolute atomic E-state index is 10.5. The van der Waals surface area contributed by atoms with E-state index in [1.165, 1.54) is 0 Å². The van der Waals surface area contributed by atoms with Crippen molar-refractivity contribution in [2.45, 2.75) is 39.5 Å². The molecule has 1 N–H and O–H groups in total. The van der Waals surface area contributed by atoms with E-state index in [4.69, 9.17) is 5.11 Å². The number of carbonyl (C=O) groups is 1. The lowest BCUT2D eigenvalue weighted by molar-refractivity contribution is -0.138. The molecule has 0 saturated heterocycles. The molecule has 0 atom stereocenters. The Morgan fingerprint density at radius 3 is 1.92 bits per heavy atom. The number of hydrogen-bond acceptors (Lipinski definition) is 2. The second-order valence-corrected chi connectivity index (χ2v) is 3.38. The Morgan fingerprint density at radius 2 is 1.62 bits per heavy atom. The van der Waals surface area contributed by atoms with Gasteiger partial charge >= 0.3 is 5.97 Å². The Hall–Kier alpha value is -0.570. The lowest BCUT2D eigenvalue weighted by Gasteiger charge is -2.19. The van der Waals surface area contributed by atoms with E-state index in [9.17, 15) is 4.79 Å². The molecule has 3 heteroatoms. The molecule has 0 unspecified atom stereocenters. The number of hydrogen-bond donors (Lipinski definition) is 1. The Bertz CT molecular complexity index is 129. The molecule has 0 amide bonds. The number of carboxylic acid groups (broad SMARTS) is 1. The maximum Gasteiger partial charge on any atom is 0.317 e. The summed E-state index contributed by atoms with van der Waals surface area (Å²) < 4.78 is 0. The number of nitrogens with zero attached hydrogens (tertiary/aromatic N) is 1. The van der Waals surface area contributed by atoms with Crippen LogP contribution in [0.3, 0.4) is 0 Å². The van der Waals surface area contributed by atoms with E-state index < -0.39 is 5.97 Å². The summed E-state index contributed by atoms with van der Waals surface area (Å²) in [6.07, 6.45) is 4.44. The third-order valence-corrected chi connectivity index (χ3v) is 2.01. The van der Waals surface area contributed by atoms with Crippen molar-refractivity contribution >= 4 is 5.97 Å². The number of unbranched alkanes of at least 4 members (excludes halogenated alkanes) is 2. The number of rotatable bonds is 8. The van der Waals surface area contributed by atoms with E-state index in [2.05, 4.69) is 13.8 Å². The van der Waals surface area contributed by atoms with Gasteiger partial charge in [-0.25, -0.2) is 0 Å². The molecule has 0 fully saturated rings. The van der Waals surface area contributed by atoms with Crippen molar-refractivity contribution in [3.8, 4) is 0 Å². The minimum absolute atomic E-state index is 0.194. The molecule has 3 nitrogen and oxygen atoms in total. The van der Waals surface area contributed by atoms with Gasteiger partial charge in [-0.1, -0.05) is 26.7 Å². The van der Waals surface area contributed by atoms with Crippen molar-refractivity contribution in [1.82, 2.24) is 4.90 Å². The monoisotopic (exact) mass is 187 g/mol. The van der Waals surface area contributed by atoms with Crippen LogP contribution in [0.2, 0.25) is 0 Å². The van der Waals surface area contributed by atoms with Crippen molar-refractivity contribution in [1.29, 1.82) is 0 Å². The van der Waals surface area contributed by atoms with Crippen LogP contribution in [0.25, 0.3) is 0 Å². The first-order chi connectivity index (χ1) is 6.20. The summed E-state index contributed by atoms with van der Waals surface area (Å²) in [6.45, 7) is 6.28. The topological polar surface area (TPSA) is 40.5 Å². The van der Waals surface area contributed by atoms with Crippen molar-refractivity contribution in [2.24, 2.45) is 0 Å². The van der Waals surface area contributed by atoms with Crippen molar-refractivity contribution in [2.75, 3.05) is 19.6 Å². The van der Waals surface area contributed by atoms with Crippen LogP contribution in [-0.2, 0) is 4.79 Å². The molecule has 0 aromatic rings. The Morgan fingerprint density at radius 1 is 1.15 bits per heavy atom. The van der Waals surface area contributed by atoms with Gasteiger partial charge in [0.1, 0.15) is 0 Å². The van der Waals surface area contributed by atoms with Gasteiger partial charge in [0.15, 0.2) is 0 Å². The van der Waals surface area contributed by atoms with Gasteiger partial charge in [-0.3, -0.25) is 9.69 Å². The molecule has 0 heterocycles. The van der Waals surface area contributed by atoms with E-state index in [0.29, 0.717) is 0 Å². The van der Waals surface area contributed by atoms with Crippen molar-refractivity contribution in [3.63, 3.8) is 0 Å². The van der Waals surface area contributed by atoms with Crippen LogP contribution < -0.4 is 0 Å². The fourth-order valence-corrected chi connectivity index (χ4v) is 1.22. The van der Waals surface area contributed by atoms with Gasteiger partial charge in [-0.2, -0.15) is 0 Å². The zero-order valence-electron chi connectivity index (χ0n) is 8.75. The van der Waals surface area contributed by atoms with E-state index in [1.807, 2.05) is 4.90 Å². The largest absolute Gasteiger partial charge is 0.480 e. The van der Waals surface area contributed by atoms with Crippen LogP contribution in [0.15, 0.2) is 0 Å². The molecule has 0 aromatic carbocycles. The van der Waals surface area contributed by atoms with Gasteiger partial charge in [0.2, 0.25) is 0 Å². The number of carboxylic acids is 1. The molecule has 0 rings (SSSR count). The van der Waals surface area contributed by atoms with Gasteiger partial charge in [0.25, 0.3) is 0 Å². The smallest absolute Gasteiger partial charge is 0.317 e. The van der Waals surface area contributed by atoms with Crippen LogP contribution in [0, 0.1) is 0 Å². The zero-order valence-corrected chi connectivity index (χ0v) is 8.75. The quantitative estimate of drug-likeness (QED) is 0.631. The van der Waals surface area contributed by atoms with Crippen LogP contribution >= 0.6 is 0 Å². The minimum atomic E-state index is -0.716. The van der Waals surface area contributed by atoms with Crippen molar-refractivity contribution < 1.29 is 9.90 Å². The fraction of sp³-hybridized carbons (Fsp3) is 0.900. The van der Waals surface area contributed by atoms with E-state index in [0.717, 1.165) is 38.8 Å². The second kappa shape index (κ2) is 8.05. The van der Waals surface area contributed by atoms with Gasteiger partial charge < -0.3 is 5.11 Å². The summed E-state index contributed by atoms with van der Waals surface area (Å²) in [6, 6.07) is 0. The molecular weight excluding hydrogens is 166 g/mol. The highest BCUT2D eigenvalue weighted by molar-refractivity contribution is 5.69. The molecule has 0 aromatic heterocycles. The summed E-state index contributed by atoms with van der Waals surface area (Å²) in [5, 5.41) is 8.64. The van der Waals surface area contributed by atoms with E-state index in [-0.39, 0.29) is 6.54 Å². The first kappa shape index (κ1) is 12.4. The van der Waals surface area contributed by atoms with Crippen molar-refractivity contribution in [3.05, 3.63) is 0 Å². The Balaban J connectivity index is 3.66. The molecule has 0 spiro atoms. The molecule has 0 saturated carbocycles. The molecular formula is C10H21NO2. The second-order valence-electron chi connectivity index (χ2n) is 3.38. The summed E-state index contributed by atoms with van der Waals surface area (Å²) >= 11 is 0. The Kier molecular flexibility index (Phi) is 7.69. The highest BCUT2D eigenvalue weighted by atomic mass is 16.4. The molecule has 0 aliphatic heterocycles. The molecule has 78 valence electrons. The first-order valence-corrected chi connectivity index (χ1v) is 5.14. The fourth-order valence-electron chi connectivity index (χ4n) is 1.22. The molecule has 0 radical (unpaired) electrons. The third kappa shape index (κ3) is 7.78. The van der Waals surface area contributed by atoms with E-state index in [1.54, 1.807) is 0 Å². The summed E-state index contributed by atoms with van der Waals surface area (Å²) in [7, 11) is 0. The third-order valence-electron chi connectivity index (χ3n) is 2.01. The zero-order chi connectivity index (χ0) is 10.1. The summed E-state index contributed by atoms with van der Waals surface area (Å²) in [5.74, 6) is -0.716. The predicted molar refractivity (Wildman–Crippen MR) is 53.9 cm³/mol. The lowest BCUT2D eigenvalue weighted by atomic mass is 10.2. The molecule has 13 heavy (non-hydrogen) atoms. The standard InChI is InChI=1S/C10H21NO2/c1-3-5-7-11(8-6-4-2)9-10(12)13/h3-9H2,1-2H3,(H,12,13). The highest BCUT2D eigenvalue weighted by Crippen LogP contribution is 1.98. The molecule has 0 aliphatic carbocycles. The predicted octanol–water partition coefficient (Wildman–Crippen LogP) is 1.97. The van der Waals surface area contributed by atoms with Crippen LogP contribution in [-0.4, -0.2) is 35.6 Å². The SMILES string of the molecule is CCCCN(CCCC)CC(=O)O. The molecule has 0 bridgehead atoms. The van der Waals surface area contributed by atoms with Gasteiger partial charge in [0, 0.05) is 0 Å². The van der Waals surface area contributed by atoms with Gasteiger partial charge in [-0.05, 0) is 25.9 Å². The lowest BCUT2D eigenvalue weighted by Crippen LogP contribution is -2.31. The van der Waals surface area contributed by atoms with Gasteiger partial charge in [0.05, 0.1) is 6.54 Å². The van der Waals surface area contributed by atoms with Crippen LogP contribution in [0.4, 0.5) is 0 Å². The normalized spacial score (nSPS) is 10.7. The maximum atomic E-state index is 10.5.